The zero-order valence-electron chi connectivity index (χ0n) is 15.8. The van der Waals surface area contributed by atoms with Gasteiger partial charge in [-0.05, 0) is 38.0 Å². The first-order valence-corrected chi connectivity index (χ1v) is 11.7. The van der Waals surface area contributed by atoms with Crippen LogP contribution in [0.3, 0.4) is 0 Å². The van der Waals surface area contributed by atoms with Gasteiger partial charge in [0.25, 0.3) is 5.91 Å². The van der Waals surface area contributed by atoms with Gasteiger partial charge in [-0.15, -0.1) is 0 Å². The van der Waals surface area contributed by atoms with Gasteiger partial charge in [-0.3, -0.25) is 4.79 Å². The molecule has 0 aromatic heterocycles. The van der Waals surface area contributed by atoms with Crippen molar-refractivity contribution in [2.45, 2.75) is 50.0 Å². The van der Waals surface area contributed by atoms with Crippen LogP contribution in [0.1, 0.15) is 49.4 Å². The highest BCUT2D eigenvalue weighted by Gasteiger charge is 2.31. The molecule has 150 valence electrons. The number of nitrogens with zero attached hydrogens (tertiary/aromatic N) is 1. The summed E-state index contributed by atoms with van der Waals surface area (Å²) in [5.41, 5.74) is 0.237. The fraction of sp³-hybridized carbons (Fsp3) is 0.632. The number of hydrogen-bond acceptors (Lipinski definition) is 3. The first-order chi connectivity index (χ1) is 12.9. The Morgan fingerprint density at radius 3 is 2.52 bits per heavy atom. The van der Waals surface area contributed by atoms with Crippen molar-refractivity contribution in [2.75, 3.05) is 32.7 Å². The Hall–Kier alpha value is -1.15. The van der Waals surface area contributed by atoms with E-state index in [1.165, 1.54) is 33.8 Å². The number of quaternary nitrogens is 1. The standard InChI is InChI=1S/C19H28ClN3O3S/c1-2-22-10-12-23(13-11-22)27(25,26)16-8-9-18(20)17(14-16)19(24)21-15-6-4-3-5-7-15/h8-9,14-15H,2-7,10-13H2,1H3,(H,21,24)/p+1. The third-order valence-corrected chi connectivity index (χ3v) is 7.91. The summed E-state index contributed by atoms with van der Waals surface area (Å²) < 4.78 is 27.5. The number of carbonyl (C=O) groups is 1. The van der Waals surface area contributed by atoms with Crippen LogP contribution in [0.25, 0.3) is 0 Å². The Bertz CT molecular complexity index is 770. The molecule has 2 fully saturated rings. The molecule has 6 nitrogen and oxygen atoms in total. The minimum absolute atomic E-state index is 0.139. The quantitative estimate of drug-likeness (QED) is 0.763. The fourth-order valence-corrected chi connectivity index (χ4v) is 5.57. The third kappa shape index (κ3) is 4.83. The number of nitrogens with one attached hydrogen (secondary N) is 2. The molecule has 1 heterocycles. The van der Waals surface area contributed by atoms with Crippen LogP contribution in [0, 0.1) is 0 Å². The van der Waals surface area contributed by atoms with E-state index in [0.717, 1.165) is 45.3 Å². The number of rotatable bonds is 5. The van der Waals surface area contributed by atoms with Crippen LogP contribution in [0.5, 0.6) is 0 Å². The second-order valence-electron chi connectivity index (χ2n) is 7.46. The zero-order chi connectivity index (χ0) is 19.4. The molecule has 1 saturated heterocycles. The Kier molecular flexibility index (Phi) is 6.78. The van der Waals surface area contributed by atoms with E-state index in [-0.39, 0.29) is 27.4 Å². The first kappa shape index (κ1) is 20.6. The van der Waals surface area contributed by atoms with Crippen molar-refractivity contribution in [2.24, 2.45) is 0 Å². The van der Waals surface area contributed by atoms with Gasteiger partial charge in [0.15, 0.2) is 0 Å². The molecule has 0 spiro atoms. The summed E-state index contributed by atoms with van der Waals surface area (Å²) in [6.07, 6.45) is 5.35. The maximum absolute atomic E-state index is 13.0. The lowest BCUT2D eigenvalue weighted by Gasteiger charge is -2.31. The van der Waals surface area contributed by atoms with Crippen LogP contribution >= 0.6 is 11.6 Å². The van der Waals surface area contributed by atoms with E-state index in [1.807, 2.05) is 0 Å². The highest BCUT2D eigenvalue weighted by Crippen LogP contribution is 2.24. The smallest absolute Gasteiger partial charge is 0.253 e. The van der Waals surface area contributed by atoms with E-state index >= 15 is 0 Å². The molecule has 8 heteroatoms. The number of piperazine rings is 1. The Morgan fingerprint density at radius 1 is 1.22 bits per heavy atom. The second-order valence-corrected chi connectivity index (χ2v) is 9.80. The van der Waals surface area contributed by atoms with E-state index < -0.39 is 10.0 Å². The number of likely N-dealkylation sites (N-methyl/N-ethyl adjacent to an activating group) is 1. The molecule has 0 atom stereocenters. The van der Waals surface area contributed by atoms with Gasteiger partial charge < -0.3 is 10.2 Å². The Labute approximate surface area is 166 Å². The van der Waals surface area contributed by atoms with Crippen molar-refractivity contribution < 1.29 is 18.1 Å². The van der Waals surface area contributed by atoms with Crippen molar-refractivity contribution in [3.8, 4) is 0 Å². The molecular weight excluding hydrogens is 386 g/mol. The van der Waals surface area contributed by atoms with Gasteiger partial charge in [-0.25, -0.2) is 8.42 Å². The lowest BCUT2D eigenvalue weighted by atomic mass is 9.95. The maximum atomic E-state index is 13.0. The second kappa shape index (κ2) is 8.90. The van der Waals surface area contributed by atoms with Crippen LogP contribution in [0.4, 0.5) is 0 Å². The van der Waals surface area contributed by atoms with E-state index in [2.05, 4.69) is 12.2 Å². The molecule has 27 heavy (non-hydrogen) atoms. The van der Waals surface area contributed by atoms with Crippen LogP contribution in [0.2, 0.25) is 5.02 Å². The minimum Gasteiger partial charge on any atom is -0.349 e. The van der Waals surface area contributed by atoms with Gasteiger partial charge in [-0.1, -0.05) is 30.9 Å². The molecule has 1 aliphatic heterocycles. The van der Waals surface area contributed by atoms with Crippen molar-refractivity contribution in [3.63, 3.8) is 0 Å². The fourth-order valence-electron chi connectivity index (χ4n) is 3.89. The summed E-state index contributed by atoms with van der Waals surface area (Å²) in [4.78, 5) is 14.2. The monoisotopic (exact) mass is 414 g/mol. The van der Waals surface area contributed by atoms with Crippen molar-refractivity contribution in [1.29, 1.82) is 0 Å². The number of amides is 1. The first-order valence-electron chi connectivity index (χ1n) is 9.86. The van der Waals surface area contributed by atoms with Crippen LogP contribution in [-0.2, 0) is 10.0 Å². The maximum Gasteiger partial charge on any atom is 0.253 e. The van der Waals surface area contributed by atoms with Gasteiger partial charge >= 0.3 is 0 Å². The predicted molar refractivity (Wildman–Crippen MR) is 106 cm³/mol. The van der Waals surface area contributed by atoms with Gasteiger partial charge in [0.2, 0.25) is 10.0 Å². The average molecular weight is 415 g/mol. The van der Waals surface area contributed by atoms with Crippen molar-refractivity contribution in [3.05, 3.63) is 28.8 Å². The molecule has 2 aliphatic rings. The molecule has 3 rings (SSSR count). The number of carbonyl (C=O) groups excluding carboxylic acids is 1. The Balaban J connectivity index is 1.76. The topological polar surface area (TPSA) is 70.9 Å². The molecule has 1 amide bonds. The summed E-state index contributed by atoms with van der Waals surface area (Å²) in [7, 11) is -3.62. The normalized spacial score (nSPS) is 20.5. The number of benzene rings is 1. The van der Waals surface area contributed by atoms with Gasteiger partial charge in [0, 0.05) is 6.04 Å². The predicted octanol–water partition coefficient (Wildman–Crippen LogP) is 1.31. The zero-order valence-corrected chi connectivity index (χ0v) is 17.4. The number of sulfonamides is 1. The van der Waals surface area contributed by atoms with E-state index in [1.54, 1.807) is 0 Å². The minimum atomic E-state index is -3.62. The SMILES string of the molecule is CC[NH+]1CCN(S(=O)(=O)c2ccc(Cl)c(C(=O)NC3CCCCC3)c2)CC1. The highest BCUT2D eigenvalue weighted by atomic mass is 35.5. The molecule has 1 saturated carbocycles. The molecule has 1 aromatic rings. The lowest BCUT2D eigenvalue weighted by molar-refractivity contribution is -0.901. The highest BCUT2D eigenvalue weighted by molar-refractivity contribution is 7.89. The van der Waals surface area contributed by atoms with Crippen LogP contribution in [-0.4, -0.2) is 57.4 Å². The Morgan fingerprint density at radius 2 is 1.89 bits per heavy atom. The van der Waals surface area contributed by atoms with E-state index in [9.17, 15) is 13.2 Å². The largest absolute Gasteiger partial charge is 0.349 e. The molecule has 0 radical (unpaired) electrons. The molecule has 0 unspecified atom stereocenters. The number of hydrogen-bond donors (Lipinski definition) is 2. The lowest BCUT2D eigenvalue weighted by Crippen LogP contribution is -3.14. The summed E-state index contributed by atoms with van der Waals surface area (Å²) in [5, 5.41) is 3.29. The summed E-state index contributed by atoms with van der Waals surface area (Å²) in [5.74, 6) is -0.288. The van der Waals surface area contributed by atoms with Gasteiger partial charge in [0.05, 0.1) is 48.2 Å². The summed E-state index contributed by atoms with van der Waals surface area (Å²) in [6, 6.07) is 4.58. The molecule has 0 bridgehead atoms. The van der Waals surface area contributed by atoms with Crippen molar-refractivity contribution >= 4 is 27.5 Å². The van der Waals surface area contributed by atoms with Gasteiger partial charge in [0.1, 0.15) is 0 Å². The molecule has 1 aromatic carbocycles. The van der Waals surface area contributed by atoms with Crippen LogP contribution < -0.4 is 10.2 Å². The summed E-state index contributed by atoms with van der Waals surface area (Å²) in [6.45, 7) is 5.71. The average Bonchev–Trinajstić information content (AvgIpc) is 2.69. The number of halogens is 1. The summed E-state index contributed by atoms with van der Waals surface area (Å²) >= 11 is 6.21. The van der Waals surface area contributed by atoms with E-state index in [4.69, 9.17) is 11.6 Å². The third-order valence-electron chi connectivity index (χ3n) is 5.69. The molecular formula is C19H29ClN3O3S+. The molecule has 2 N–H and O–H groups in total. The van der Waals surface area contributed by atoms with Crippen molar-refractivity contribution in [1.82, 2.24) is 9.62 Å². The van der Waals surface area contributed by atoms with Crippen LogP contribution in [0.15, 0.2) is 23.1 Å². The van der Waals surface area contributed by atoms with E-state index in [0.29, 0.717) is 13.1 Å². The van der Waals surface area contributed by atoms with Gasteiger partial charge in [-0.2, -0.15) is 4.31 Å². The molecule has 1 aliphatic carbocycles.